The molecular formula is C20H21NO3S. The summed E-state index contributed by atoms with van der Waals surface area (Å²) in [6.07, 6.45) is 0. The molecular weight excluding hydrogens is 334 g/mol. The summed E-state index contributed by atoms with van der Waals surface area (Å²) >= 11 is 1.67. The molecule has 4 nitrogen and oxygen atoms in total. The fourth-order valence-electron chi connectivity index (χ4n) is 2.61. The highest BCUT2D eigenvalue weighted by atomic mass is 32.1. The molecule has 0 saturated carbocycles. The van der Waals surface area contributed by atoms with Crippen LogP contribution in [0.5, 0.6) is 17.2 Å². The first-order valence-corrected chi connectivity index (χ1v) is 8.91. The van der Waals surface area contributed by atoms with Crippen molar-refractivity contribution < 1.29 is 14.2 Å². The number of aryl methyl sites for hydroxylation is 1. The van der Waals surface area contributed by atoms with Gasteiger partial charge in [-0.1, -0.05) is 0 Å². The predicted octanol–water partition coefficient (Wildman–Crippen LogP) is 5.20. The van der Waals surface area contributed by atoms with Gasteiger partial charge in [-0.25, -0.2) is 4.98 Å². The van der Waals surface area contributed by atoms with Crippen molar-refractivity contribution in [2.45, 2.75) is 13.8 Å². The molecule has 0 unspecified atom stereocenters. The first-order valence-electron chi connectivity index (χ1n) is 8.09. The Morgan fingerprint density at radius 1 is 0.920 bits per heavy atom. The van der Waals surface area contributed by atoms with Crippen molar-refractivity contribution in [1.82, 2.24) is 4.98 Å². The molecule has 5 heteroatoms. The maximum absolute atomic E-state index is 5.58. The topological polar surface area (TPSA) is 40.6 Å². The summed E-state index contributed by atoms with van der Waals surface area (Å²) in [5.74, 6) is 2.31. The van der Waals surface area contributed by atoms with Gasteiger partial charge in [0.1, 0.15) is 10.8 Å². The standard InChI is InChI=1S/C20H21NO3S/c1-5-24-17-11-8-15(12-18(17)23-4)20-21-19(13(2)25-20)14-6-9-16(22-3)10-7-14/h6-12H,5H2,1-4H3. The highest BCUT2D eigenvalue weighted by Gasteiger charge is 2.14. The summed E-state index contributed by atoms with van der Waals surface area (Å²) in [7, 11) is 3.32. The predicted molar refractivity (Wildman–Crippen MR) is 102 cm³/mol. The fourth-order valence-corrected chi connectivity index (χ4v) is 3.54. The van der Waals surface area contributed by atoms with Gasteiger partial charge in [0.05, 0.1) is 26.5 Å². The van der Waals surface area contributed by atoms with Crippen molar-refractivity contribution >= 4 is 11.3 Å². The summed E-state index contributed by atoms with van der Waals surface area (Å²) in [5.41, 5.74) is 3.10. The highest BCUT2D eigenvalue weighted by Crippen LogP contribution is 2.37. The van der Waals surface area contributed by atoms with Gasteiger partial charge >= 0.3 is 0 Å². The molecule has 3 rings (SSSR count). The number of aromatic nitrogens is 1. The lowest BCUT2D eigenvalue weighted by Crippen LogP contribution is -1.95. The van der Waals surface area contributed by atoms with Crippen LogP contribution in [0.25, 0.3) is 21.8 Å². The van der Waals surface area contributed by atoms with Crippen LogP contribution in [0, 0.1) is 6.92 Å². The Labute approximate surface area is 152 Å². The lowest BCUT2D eigenvalue weighted by molar-refractivity contribution is 0.311. The van der Waals surface area contributed by atoms with Crippen LogP contribution < -0.4 is 14.2 Å². The quantitative estimate of drug-likeness (QED) is 0.609. The fraction of sp³-hybridized carbons (Fsp3) is 0.250. The Bertz CT molecular complexity index is 856. The van der Waals surface area contributed by atoms with Gasteiger partial charge in [0.2, 0.25) is 0 Å². The third-order valence-electron chi connectivity index (χ3n) is 3.87. The molecule has 0 radical (unpaired) electrons. The molecule has 0 amide bonds. The Kier molecular flexibility index (Phi) is 5.24. The highest BCUT2D eigenvalue weighted by molar-refractivity contribution is 7.15. The van der Waals surface area contributed by atoms with E-state index in [-0.39, 0.29) is 0 Å². The number of methoxy groups -OCH3 is 2. The lowest BCUT2D eigenvalue weighted by atomic mass is 10.1. The number of hydrogen-bond acceptors (Lipinski definition) is 5. The van der Waals surface area contributed by atoms with E-state index in [1.807, 2.05) is 49.4 Å². The van der Waals surface area contributed by atoms with Crippen molar-refractivity contribution in [1.29, 1.82) is 0 Å². The minimum Gasteiger partial charge on any atom is -0.497 e. The molecule has 1 aromatic heterocycles. The molecule has 0 N–H and O–H groups in total. The molecule has 0 saturated heterocycles. The average molecular weight is 355 g/mol. The number of rotatable bonds is 6. The average Bonchev–Trinajstić information content (AvgIpc) is 3.04. The maximum atomic E-state index is 5.58. The van der Waals surface area contributed by atoms with E-state index < -0.39 is 0 Å². The molecule has 0 fully saturated rings. The van der Waals surface area contributed by atoms with Gasteiger partial charge in [-0.2, -0.15) is 0 Å². The van der Waals surface area contributed by atoms with Crippen LogP contribution in [0.1, 0.15) is 11.8 Å². The van der Waals surface area contributed by atoms with Gasteiger partial charge in [-0.15, -0.1) is 11.3 Å². The zero-order chi connectivity index (χ0) is 17.8. The zero-order valence-corrected chi connectivity index (χ0v) is 15.6. The second-order valence-corrected chi connectivity index (χ2v) is 6.65. The number of nitrogens with zero attached hydrogens (tertiary/aromatic N) is 1. The summed E-state index contributed by atoms with van der Waals surface area (Å²) in [4.78, 5) is 6.01. The third-order valence-corrected chi connectivity index (χ3v) is 4.89. The molecule has 0 bridgehead atoms. The van der Waals surface area contributed by atoms with E-state index in [0.29, 0.717) is 6.61 Å². The molecule has 130 valence electrons. The monoisotopic (exact) mass is 355 g/mol. The summed E-state index contributed by atoms with van der Waals surface area (Å²) in [6, 6.07) is 13.9. The van der Waals surface area contributed by atoms with Crippen LogP contribution in [0.3, 0.4) is 0 Å². The van der Waals surface area contributed by atoms with Gasteiger partial charge in [-0.3, -0.25) is 0 Å². The van der Waals surface area contributed by atoms with Crippen molar-refractivity contribution in [2.24, 2.45) is 0 Å². The van der Waals surface area contributed by atoms with E-state index in [9.17, 15) is 0 Å². The molecule has 2 aromatic carbocycles. The van der Waals surface area contributed by atoms with Crippen LogP contribution in [0.15, 0.2) is 42.5 Å². The van der Waals surface area contributed by atoms with E-state index >= 15 is 0 Å². The minimum absolute atomic E-state index is 0.605. The number of ether oxygens (including phenoxy) is 3. The SMILES string of the molecule is CCOc1ccc(-c2nc(-c3ccc(OC)cc3)c(C)s2)cc1OC. The summed E-state index contributed by atoms with van der Waals surface area (Å²) in [5, 5.41) is 0.963. The van der Waals surface area contributed by atoms with E-state index in [2.05, 4.69) is 6.92 Å². The normalized spacial score (nSPS) is 10.6. The molecule has 0 spiro atoms. The Morgan fingerprint density at radius 2 is 1.64 bits per heavy atom. The van der Waals surface area contributed by atoms with E-state index in [4.69, 9.17) is 19.2 Å². The van der Waals surface area contributed by atoms with Crippen molar-refractivity contribution in [3.8, 4) is 39.1 Å². The van der Waals surface area contributed by atoms with Gasteiger partial charge in [0.15, 0.2) is 11.5 Å². The Morgan fingerprint density at radius 3 is 2.28 bits per heavy atom. The number of thiazole rings is 1. The molecule has 0 aliphatic rings. The van der Waals surface area contributed by atoms with Gasteiger partial charge in [0, 0.05) is 16.0 Å². The van der Waals surface area contributed by atoms with Crippen molar-refractivity contribution in [3.63, 3.8) is 0 Å². The first-order chi connectivity index (χ1) is 12.2. The van der Waals surface area contributed by atoms with Crippen LogP contribution in [0.2, 0.25) is 0 Å². The van der Waals surface area contributed by atoms with Crippen LogP contribution in [-0.4, -0.2) is 25.8 Å². The van der Waals surface area contributed by atoms with Crippen LogP contribution in [0.4, 0.5) is 0 Å². The zero-order valence-electron chi connectivity index (χ0n) is 14.8. The summed E-state index contributed by atoms with van der Waals surface area (Å²) in [6.45, 7) is 4.65. The largest absolute Gasteiger partial charge is 0.497 e. The van der Waals surface area contributed by atoms with Crippen LogP contribution >= 0.6 is 11.3 Å². The summed E-state index contributed by atoms with van der Waals surface area (Å²) < 4.78 is 16.3. The minimum atomic E-state index is 0.605. The van der Waals surface area contributed by atoms with E-state index in [0.717, 1.165) is 39.1 Å². The lowest BCUT2D eigenvalue weighted by Gasteiger charge is -2.09. The molecule has 0 atom stereocenters. The molecule has 0 aliphatic heterocycles. The Hall–Kier alpha value is -2.53. The van der Waals surface area contributed by atoms with Gasteiger partial charge < -0.3 is 14.2 Å². The Balaban J connectivity index is 1.96. The second-order valence-electron chi connectivity index (χ2n) is 5.45. The third kappa shape index (κ3) is 3.61. The van der Waals surface area contributed by atoms with Gasteiger partial charge in [0.25, 0.3) is 0 Å². The molecule has 25 heavy (non-hydrogen) atoms. The second kappa shape index (κ2) is 7.57. The van der Waals surface area contributed by atoms with Gasteiger partial charge in [-0.05, 0) is 56.3 Å². The van der Waals surface area contributed by atoms with Crippen molar-refractivity contribution in [3.05, 3.63) is 47.3 Å². The number of benzene rings is 2. The van der Waals surface area contributed by atoms with Crippen LogP contribution in [-0.2, 0) is 0 Å². The molecule has 3 aromatic rings. The van der Waals surface area contributed by atoms with E-state index in [1.165, 1.54) is 4.88 Å². The number of hydrogen-bond donors (Lipinski definition) is 0. The molecule has 1 heterocycles. The molecule has 0 aliphatic carbocycles. The van der Waals surface area contributed by atoms with Crippen molar-refractivity contribution in [2.75, 3.05) is 20.8 Å². The first kappa shape index (κ1) is 17.3. The maximum Gasteiger partial charge on any atom is 0.161 e. The van der Waals surface area contributed by atoms with E-state index in [1.54, 1.807) is 25.6 Å². The smallest absolute Gasteiger partial charge is 0.161 e.